The molecule has 2 aromatic carbocycles. The van der Waals surface area contributed by atoms with E-state index >= 15 is 0 Å². The van der Waals surface area contributed by atoms with Crippen LogP contribution in [0.1, 0.15) is 18.9 Å². The predicted molar refractivity (Wildman–Crippen MR) is 94.2 cm³/mol. The highest BCUT2D eigenvalue weighted by atomic mass is 35.5. The molecule has 0 bridgehead atoms. The Morgan fingerprint density at radius 3 is 2.30 bits per heavy atom. The second-order valence-corrected chi connectivity index (χ2v) is 5.87. The zero-order valence-corrected chi connectivity index (χ0v) is 14.0. The Hall–Kier alpha value is -2.04. The predicted octanol–water partition coefficient (Wildman–Crippen LogP) is 4.52. The first-order valence-electron chi connectivity index (χ1n) is 7.05. The Bertz CT molecular complexity index is 732. The summed E-state index contributed by atoms with van der Waals surface area (Å²) in [6.07, 6.45) is 0.885. The third-order valence-electron chi connectivity index (χ3n) is 3.09. The van der Waals surface area contributed by atoms with Gasteiger partial charge in [-0.2, -0.15) is 0 Å². The van der Waals surface area contributed by atoms with Crippen LogP contribution in [0.25, 0.3) is 0 Å². The average molecular weight is 351 g/mol. The van der Waals surface area contributed by atoms with E-state index in [4.69, 9.17) is 23.2 Å². The van der Waals surface area contributed by atoms with Gasteiger partial charge in [0.1, 0.15) is 0 Å². The number of nitrogens with one attached hydrogen (secondary N) is 2. The highest BCUT2D eigenvalue weighted by molar-refractivity contribution is 6.42. The Morgan fingerprint density at radius 2 is 1.65 bits per heavy atom. The number of aryl methyl sites for hydroxylation is 1. The van der Waals surface area contributed by atoms with E-state index in [1.807, 2.05) is 6.07 Å². The van der Waals surface area contributed by atoms with Crippen molar-refractivity contribution in [2.45, 2.75) is 19.8 Å². The van der Waals surface area contributed by atoms with Gasteiger partial charge in [0.15, 0.2) is 0 Å². The first kappa shape index (κ1) is 17.3. The molecule has 6 heteroatoms. The summed E-state index contributed by atoms with van der Waals surface area (Å²) in [6, 6.07) is 12.3. The highest BCUT2D eigenvalue weighted by Gasteiger charge is 2.06. The summed E-state index contributed by atoms with van der Waals surface area (Å²) in [4.78, 5) is 23.1. The summed E-state index contributed by atoms with van der Waals surface area (Å²) in [7, 11) is 0. The van der Waals surface area contributed by atoms with Crippen molar-refractivity contribution in [2.24, 2.45) is 0 Å². The van der Waals surface area contributed by atoms with Gasteiger partial charge in [-0.15, -0.1) is 0 Å². The number of amides is 2. The molecule has 4 nitrogen and oxygen atoms in total. The van der Waals surface area contributed by atoms with Crippen LogP contribution in [0.4, 0.5) is 11.4 Å². The molecule has 2 aromatic rings. The van der Waals surface area contributed by atoms with Crippen LogP contribution in [0.15, 0.2) is 42.5 Å². The number of hydrogen-bond acceptors (Lipinski definition) is 2. The molecular formula is C17H16Cl2N2O2. The van der Waals surface area contributed by atoms with Crippen LogP contribution in [-0.2, 0) is 16.0 Å². The van der Waals surface area contributed by atoms with Crippen LogP contribution < -0.4 is 10.6 Å². The minimum Gasteiger partial charge on any atom is -0.326 e. The second kappa shape index (κ2) is 7.99. The molecule has 0 aliphatic carbocycles. The van der Waals surface area contributed by atoms with E-state index in [0.29, 0.717) is 34.3 Å². The summed E-state index contributed by atoms with van der Waals surface area (Å²) in [5, 5.41) is 6.45. The Kier molecular flexibility index (Phi) is 6.02. The molecule has 2 amide bonds. The normalized spacial score (nSPS) is 10.2. The molecule has 0 spiro atoms. The number of halogens is 2. The third kappa shape index (κ3) is 5.58. The molecule has 2 rings (SSSR count). The van der Waals surface area contributed by atoms with Crippen molar-refractivity contribution in [2.75, 3.05) is 10.6 Å². The van der Waals surface area contributed by atoms with E-state index in [1.54, 1.807) is 36.4 Å². The van der Waals surface area contributed by atoms with Crippen molar-refractivity contribution >= 4 is 46.4 Å². The molecule has 0 aliphatic heterocycles. The minimum absolute atomic E-state index is 0.115. The molecule has 0 heterocycles. The number of rotatable bonds is 5. The molecule has 0 radical (unpaired) electrons. The lowest BCUT2D eigenvalue weighted by atomic mass is 10.1. The number of hydrogen-bond donors (Lipinski definition) is 2. The largest absolute Gasteiger partial charge is 0.326 e. The van der Waals surface area contributed by atoms with E-state index in [2.05, 4.69) is 10.6 Å². The summed E-state index contributed by atoms with van der Waals surface area (Å²) in [5.41, 5.74) is 2.22. The molecule has 0 unspecified atom stereocenters. The lowest BCUT2D eigenvalue weighted by Gasteiger charge is -2.08. The lowest BCUT2D eigenvalue weighted by molar-refractivity contribution is -0.116. The summed E-state index contributed by atoms with van der Waals surface area (Å²) in [5.74, 6) is -0.274. The van der Waals surface area contributed by atoms with E-state index in [9.17, 15) is 9.59 Å². The molecule has 0 saturated carbocycles. The van der Waals surface area contributed by atoms with Gasteiger partial charge in [0.05, 0.1) is 10.0 Å². The van der Waals surface area contributed by atoms with Gasteiger partial charge in [0.2, 0.25) is 11.8 Å². The van der Waals surface area contributed by atoms with Gasteiger partial charge in [-0.1, -0.05) is 35.3 Å². The van der Waals surface area contributed by atoms with Crippen molar-refractivity contribution in [3.05, 3.63) is 58.1 Å². The van der Waals surface area contributed by atoms with Crippen LogP contribution in [0.5, 0.6) is 0 Å². The highest BCUT2D eigenvalue weighted by Crippen LogP contribution is 2.23. The van der Waals surface area contributed by atoms with Gasteiger partial charge >= 0.3 is 0 Å². The van der Waals surface area contributed by atoms with Gasteiger partial charge in [0, 0.05) is 24.7 Å². The van der Waals surface area contributed by atoms with Crippen molar-refractivity contribution in [3.63, 3.8) is 0 Å². The minimum atomic E-state index is -0.159. The summed E-state index contributed by atoms with van der Waals surface area (Å²) < 4.78 is 0. The van der Waals surface area contributed by atoms with Crippen LogP contribution in [0, 0.1) is 0 Å². The average Bonchev–Trinajstić information content (AvgIpc) is 2.48. The fraction of sp³-hybridized carbons (Fsp3) is 0.176. The van der Waals surface area contributed by atoms with E-state index in [0.717, 1.165) is 5.56 Å². The van der Waals surface area contributed by atoms with Crippen molar-refractivity contribution in [1.29, 1.82) is 0 Å². The van der Waals surface area contributed by atoms with E-state index in [1.165, 1.54) is 6.92 Å². The van der Waals surface area contributed by atoms with Crippen molar-refractivity contribution in [1.82, 2.24) is 0 Å². The number of carbonyl (C=O) groups is 2. The molecule has 0 fully saturated rings. The molecule has 120 valence electrons. The first-order valence-corrected chi connectivity index (χ1v) is 7.81. The standard InChI is InChI=1S/C17H16Cl2N2O2/c1-11(22)20-13-3-2-4-14(10-13)21-17(23)8-6-12-5-7-15(18)16(19)9-12/h2-5,7,9-10H,6,8H2,1H3,(H,20,22)(H,21,23). The number of carbonyl (C=O) groups excluding carboxylic acids is 2. The summed E-state index contributed by atoms with van der Waals surface area (Å²) >= 11 is 11.8. The van der Waals surface area contributed by atoms with Gasteiger partial charge < -0.3 is 10.6 Å². The van der Waals surface area contributed by atoms with E-state index < -0.39 is 0 Å². The smallest absolute Gasteiger partial charge is 0.224 e. The van der Waals surface area contributed by atoms with E-state index in [-0.39, 0.29) is 11.8 Å². The third-order valence-corrected chi connectivity index (χ3v) is 3.83. The van der Waals surface area contributed by atoms with Crippen LogP contribution in [0.2, 0.25) is 10.0 Å². The van der Waals surface area contributed by atoms with Gasteiger partial charge in [0.25, 0.3) is 0 Å². The zero-order chi connectivity index (χ0) is 16.8. The fourth-order valence-corrected chi connectivity index (χ4v) is 2.38. The zero-order valence-electron chi connectivity index (χ0n) is 12.5. The molecule has 0 aliphatic rings. The van der Waals surface area contributed by atoms with Gasteiger partial charge in [-0.25, -0.2) is 0 Å². The summed E-state index contributed by atoms with van der Waals surface area (Å²) in [6.45, 7) is 1.43. The first-order chi connectivity index (χ1) is 10.9. The van der Waals surface area contributed by atoms with Crippen molar-refractivity contribution < 1.29 is 9.59 Å². The maximum Gasteiger partial charge on any atom is 0.224 e. The second-order valence-electron chi connectivity index (χ2n) is 5.06. The van der Waals surface area contributed by atoms with Crippen LogP contribution in [0.3, 0.4) is 0 Å². The van der Waals surface area contributed by atoms with Crippen LogP contribution >= 0.6 is 23.2 Å². The molecule has 2 N–H and O–H groups in total. The van der Waals surface area contributed by atoms with Gasteiger partial charge in [-0.3, -0.25) is 9.59 Å². The Balaban J connectivity index is 1.91. The monoisotopic (exact) mass is 350 g/mol. The number of benzene rings is 2. The molecule has 23 heavy (non-hydrogen) atoms. The molecule has 0 saturated heterocycles. The quantitative estimate of drug-likeness (QED) is 0.832. The maximum atomic E-state index is 12.0. The maximum absolute atomic E-state index is 12.0. The van der Waals surface area contributed by atoms with Crippen molar-refractivity contribution in [3.8, 4) is 0 Å². The molecule has 0 atom stereocenters. The Labute approximate surface area is 144 Å². The van der Waals surface area contributed by atoms with Crippen LogP contribution in [-0.4, -0.2) is 11.8 Å². The fourth-order valence-electron chi connectivity index (χ4n) is 2.05. The topological polar surface area (TPSA) is 58.2 Å². The Morgan fingerprint density at radius 1 is 0.957 bits per heavy atom. The molecular weight excluding hydrogens is 335 g/mol. The molecule has 0 aromatic heterocycles. The lowest BCUT2D eigenvalue weighted by Crippen LogP contribution is -2.13. The number of anilines is 2. The van der Waals surface area contributed by atoms with Gasteiger partial charge in [-0.05, 0) is 42.3 Å². The SMILES string of the molecule is CC(=O)Nc1cccc(NC(=O)CCc2ccc(Cl)c(Cl)c2)c1.